The second-order valence-corrected chi connectivity index (χ2v) is 6.61. The zero-order chi connectivity index (χ0) is 14.8. The Morgan fingerprint density at radius 1 is 1.35 bits per heavy atom. The summed E-state index contributed by atoms with van der Waals surface area (Å²) < 4.78 is 1.69. The molecule has 2 aromatic heterocycles. The lowest BCUT2D eigenvalue weighted by molar-refractivity contribution is 0.507. The van der Waals surface area contributed by atoms with E-state index in [1.807, 2.05) is 19.2 Å². The number of anilines is 1. The van der Waals surface area contributed by atoms with E-state index in [4.69, 9.17) is 0 Å². The first-order valence-corrected chi connectivity index (χ1v) is 7.51. The molecule has 0 saturated heterocycles. The van der Waals surface area contributed by atoms with Gasteiger partial charge in [-0.15, -0.1) is 11.3 Å². The Kier molecular flexibility index (Phi) is 4.23. The zero-order valence-electron chi connectivity index (χ0n) is 12.3. The fraction of sp³-hybridized carbons (Fsp3) is 0.500. The number of aromatic nitrogens is 3. The number of thiazole rings is 1. The molecule has 0 unspecified atom stereocenters. The first-order valence-electron chi connectivity index (χ1n) is 6.64. The summed E-state index contributed by atoms with van der Waals surface area (Å²) in [4.78, 5) is 20.9. The van der Waals surface area contributed by atoms with Crippen molar-refractivity contribution in [2.75, 3.05) is 5.32 Å². The van der Waals surface area contributed by atoms with E-state index in [9.17, 15) is 4.79 Å². The molecule has 0 fully saturated rings. The van der Waals surface area contributed by atoms with E-state index in [1.165, 1.54) is 0 Å². The van der Waals surface area contributed by atoms with Gasteiger partial charge in [0.25, 0.3) is 5.56 Å². The normalized spacial score (nSPS) is 11.8. The van der Waals surface area contributed by atoms with Crippen LogP contribution in [0, 0.1) is 5.92 Å². The van der Waals surface area contributed by atoms with Crippen LogP contribution < -0.4 is 10.9 Å². The lowest BCUT2D eigenvalue weighted by Gasteiger charge is -2.24. The van der Waals surface area contributed by atoms with Gasteiger partial charge >= 0.3 is 0 Å². The van der Waals surface area contributed by atoms with Crippen molar-refractivity contribution in [3.8, 4) is 0 Å². The van der Waals surface area contributed by atoms with E-state index in [0.29, 0.717) is 18.3 Å². The molecule has 0 aromatic carbocycles. The molecule has 0 spiro atoms. The van der Waals surface area contributed by atoms with Crippen LogP contribution in [0.5, 0.6) is 0 Å². The monoisotopic (exact) mass is 292 g/mol. The van der Waals surface area contributed by atoms with Crippen molar-refractivity contribution < 1.29 is 0 Å². The first-order chi connectivity index (χ1) is 9.40. The quantitative estimate of drug-likeness (QED) is 0.920. The molecule has 5 nitrogen and oxygen atoms in total. The molecule has 0 aliphatic carbocycles. The number of hydrogen-bond acceptors (Lipinski definition) is 5. The van der Waals surface area contributed by atoms with Crippen molar-refractivity contribution in [2.24, 2.45) is 5.92 Å². The van der Waals surface area contributed by atoms with Gasteiger partial charge in [-0.3, -0.25) is 4.79 Å². The van der Waals surface area contributed by atoms with Crippen molar-refractivity contribution >= 4 is 17.2 Å². The molecule has 0 radical (unpaired) electrons. The van der Waals surface area contributed by atoms with Crippen molar-refractivity contribution in [2.45, 2.75) is 39.8 Å². The average molecular weight is 292 g/mol. The molecule has 0 aliphatic rings. The van der Waals surface area contributed by atoms with Crippen LogP contribution >= 0.6 is 11.3 Å². The molecule has 2 aromatic rings. The van der Waals surface area contributed by atoms with E-state index in [-0.39, 0.29) is 5.56 Å². The van der Waals surface area contributed by atoms with Gasteiger partial charge in [0.05, 0.1) is 5.54 Å². The molecule has 1 N–H and O–H groups in total. The maximum atomic E-state index is 12.4. The molecule has 0 atom stereocenters. The van der Waals surface area contributed by atoms with E-state index < -0.39 is 5.54 Å². The number of nitrogens with zero attached hydrogens (tertiary/aromatic N) is 3. The predicted octanol–water partition coefficient (Wildman–Crippen LogP) is 2.70. The van der Waals surface area contributed by atoms with Crippen molar-refractivity contribution in [3.05, 3.63) is 39.3 Å². The lowest BCUT2D eigenvalue weighted by Crippen LogP contribution is -2.34. The van der Waals surface area contributed by atoms with Crippen LogP contribution in [0.2, 0.25) is 0 Å². The van der Waals surface area contributed by atoms with Crippen molar-refractivity contribution in [1.29, 1.82) is 0 Å². The minimum Gasteiger partial charge on any atom is -0.354 e. The minimum atomic E-state index is -0.419. The molecule has 0 aliphatic heterocycles. The Labute approximate surface area is 122 Å². The number of rotatable bonds is 5. The van der Waals surface area contributed by atoms with Gasteiger partial charge in [-0.2, -0.15) is 0 Å². The van der Waals surface area contributed by atoms with Crippen LogP contribution in [0.25, 0.3) is 0 Å². The summed E-state index contributed by atoms with van der Waals surface area (Å²) >= 11 is 1.56. The Balaban J connectivity index is 2.28. The molecular formula is C14H20N4OS. The van der Waals surface area contributed by atoms with Crippen LogP contribution in [0.4, 0.5) is 5.82 Å². The molecule has 0 bridgehead atoms. The Morgan fingerprint density at radius 3 is 2.70 bits per heavy atom. The molecular weight excluding hydrogens is 272 g/mol. The predicted molar refractivity (Wildman–Crippen MR) is 82.1 cm³/mol. The summed E-state index contributed by atoms with van der Waals surface area (Å²) in [5, 5.41) is 6.06. The highest BCUT2D eigenvalue weighted by molar-refractivity contribution is 7.09. The second-order valence-electron chi connectivity index (χ2n) is 5.71. The summed E-state index contributed by atoms with van der Waals surface area (Å²) in [5.41, 5.74) is -0.511. The standard InChI is InChI=1S/C14H20N4OS/c1-10(2)9-18-7-5-15-11(12(18)19)17-14(3,4)13-16-6-8-20-13/h5-8,10H,9H2,1-4H3,(H,15,17). The smallest absolute Gasteiger partial charge is 0.293 e. The third kappa shape index (κ3) is 3.25. The Morgan fingerprint density at radius 2 is 2.10 bits per heavy atom. The molecule has 6 heteroatoms. The highest BCUT2D eigenvalue weighted by atomic mass is 32.1. The largest absolute Gasteiger partial charge is 0.354 e. The van der Waals surface area contributed by atoms with Gasteiger partial charge in [0.15, 0.2) is 5.82 Å². The third-order valence-corrected chi connectivity index (χ3v) is 3.97. The van der Waals surface area contributed by atoms with E-state index in [0.717, 1.165) is 5.01 Å². The van der Waals surface area contributed by atoms with E-state index >= 15 is 0 Å². The van der Waals surface area contributed by atoms with Gasteiger partial charge in [-0.05, 0) is 19.8 Å². The molecule has 2 heterocycles. The molecule has 108 valence electrons. The third-order valence-electron chi connectivity index (χ3n) is 2.87. The molecule has 2 rings (SSSR count). The van der Waals surface area contributed by atoms with Gasteiger partial charge in [0.2, 0.25) is 0 Å². The summed E-state index contributed by atoms with van der Waals surface area (Å²) in [6.07, 6.45) is 5.15. The Hall–Kier alpha value is -1.69. The van der Waals surface area contributed by atoms with Crippen LogP contribution in [0.15, 0.2) is 28.8 Å². The molecule has 0 saturated carbocycles. The summed E-state index contributed by atoms with van der Waals surface area (Å²) in [7, 11) is 0. The topological polar surface area (TPSA) is 59.8 Å². The van der Waals surface area contributed by atoms with E-state index in [2.05, 4.69) is 29.1 Å². The van der Waals surface area contributed by atoms with Crippen LogP contribution in [0.3, 0.4) is 0 Å². The van der Waals surface area contributed by atoms with Gasteiger partial charge < -0.3 is 9.88 Å². The van der Waals surface area contributed by atoms with Gasteiger partial charge in [-0.25, -0.2) is 9.97 Å². The van der Waals surface area contributed by atoms with Crippen LogP contribution in [-0.2, 0) is 12.1 Å². The summed E-state index contributed by atoms with van der Waals surface area (Å²) in [5.74, 6) is 0.781. The van der Waals surface area contributed by atoms with E-state index in [1.54, 1.807) is 34.5 Å². The van der Waals surface area contributed by atoms with Crippen molar-refractivity contribution in [1.82, 2.24) is 14.5 Å². The molecule has 20 heavy (non-hydrogen) atoms. The zero-order valence-corrected chi connectivity index (χ0v) is 13.1. The van der Waals surface area contributed by atoms with Crippen LogP contribution in [0.1, 0.15) is 32.7 Å². The highest BCUT2D eigenvalue weighted by Crippen LogP contribution is 2.25. The maximum Gasteiger partial charge on any atom is 0.293 e. The average Bonchev–Trinajstić information content (AvgIpc) is 2.88. The fourth-order valence-corrected chi connectivity index (χ4v) is 2.67. The second kappa shape index (κ2) is 5.75. The SMILES string of the molecule is CC(C)Cn1ccnc(NC(C)(C)c2nccs2)c1=O. The minimum absolute atomic E-state index is 0.0918. The van der Waals surface area contributed by atoms with Gasteiger partial charge in [-0.1, -0.05) is 13.8 Å². The number of hydrogen-bond donors (Lipinski definition) is 1. The van der Waals surface area contributed by atoms with Gasteiger partial charge in [0.1, 0.15) is 5.01 Å². The highest BCUT2D eigenvalue weighted by Gasteiger charge is 2.25. The maximum absolute atomic E-state index is 12.4. The van der Waals surface area contributed by atoms with Gasteiger partial charge in [0, 0.05) is 30.5 Å². The first kappa shape index (κ1) is 14.7. The summed E-state index contributed by atoms with van der Waals surface area (Å²) in [6.45, 7) is 8.84. The van der Waals surface area contributed by atoms with Crippen molar-refractivity contribution in [3.63, 3.8) is 0 Å². The molecule has 0 amide bonds. The fourth-order valence-electron chi connectivity index (χ4n) is 1.95. The summed E-state index contributed by atoms with van der Waals surface area (Å²) in [6, 6.07) is 0. The lowest BCUT2D eigenvalue weighted by atomic mass is 10.1. The Bertz CT molecular complexity index is 616. The number of nitrogens with one attached hydrogen (secondary N) is 1. The van der Waals surface area contributed by atoms with Crippen LogP contribution in [-0.4, -0.2) is 14.5 Å².